The summed E-state index contributed by atoms with van der Waals surface area (Å²) in [6, 6.07) is 7.87. The summed E-state index contributed by atoms with van der Waals surface area (Å²) in [4.78, 5) is 3.92. The van der Waals surface area contributed by atoms with Crippen LogP contribution < -0.4 is 11.5 Å². The molecule has 0 saturated heterocycles. The van der Waals surface area contributed by atoms with Crippen molar-refractivity contribution >= 4 is 12.0 Å². The lowest BCUT2D eigenvalue weighted by atomic mass is 10.2. The second-order valence-corrected chi connectivity index (χ2v) is 2.12. The Hall–Kier alpha value is -1.35. The summed E-state index contributed by atoms with van der Waals surface area (Å²) in [5.74, 6) is 0. The van der Waals surface area contributed by atoms with Crippen LogP contribution in [0.1, 0.15) is 5.56 Å². The average Bonchev–Trinajstić information content (AvgIpc) is 2.09. The van der Waals surface area contributed by atoms with Gasteiger partial charge in [0.15, 0.2) is 0 Å². The van der Waals surface area contributed by atoms with Gasteiger partial charge in [-0.25, -0.2) is 4.99 Å². The number of aryl methyl sites for hydroxylation is 1. The van der Waals surface area contributed by atoms with Gasteiger partial charge in [0.25, 0.3) is 0 Å². The summed E-state index contributed by atoms with van der Waals surface area (Å²) >= 11 is 0. The SMILES string of the molecule is CN.Cc1cccc(N=CN)c1. The van der Waals surface area contributed by atoms with Crippen LogP contribution in [0, 0.1) is 6.92 Å². The van der Waals surface area contributed by atoms with E-state index >= 15 is 0 Å². The topological polar surface area (TPSA) is 64.4 Å². The number of hydrogen-bond acceptors (Lipinski definition) is 2. The van der Waals surface area contributed by atoms with Crippen molar-refractivity contribution in [3.8, 4) is 0 Å². The van der Waals surface area contributed by atoms with Crippen molar-refractivity contribution in [3.05, 3.63) is 29.8 Å². The van der Waals surface area contributed by atoms with Gasteiger partial charge in [0.1, 0.15) is 0 Å². The molecular formula is C9H15N3. The molecule has 0 aliphatic rings. The van der Waals surface area contributed by atoms with Crippen LogP contribution >= 0.6 is 0 Å². The number of nitrogens with zero attached hydrogens (tertiary/aromatic N) is 1. The van der Waals surface area contributed by atoms with Gasteiger partial charge >= 0.3 is 0 Å². The predicted molar refractivity (Wildman–Crippen MR) is 53.6 cm³/mol. The molecule has 0 radical (unpaired) electrons. The van der Waals surface area contributed by atoms with Gasteiger partial charge < -0.3 is 11.5 Å². The van der Waals surface area contributed by atoms with Crippen molar-refractivity contribution in [3.63, 3.8) is 0 Å². The van der Waals surface area contributed by atoms with Crippen molar-refractivity contribution < 1.29 is 0 Å². The van der Waals surface area contributed by atoms with Gasteiger partial charge in [-0.3, -0.25) is 0 Å². The molecule has 12 heavy (non-hydrogen) atoms. The Morgan fingerprint density at radius 3 is 2.50 bits per heavy atom. The summed E-state index contributed by atoms with van der Waals surface area (Å²) in [5, 5.41) is 0. The van der Waals surface area contributed by atoms with Crippen LogP contribution in [-0.4, -0.2) is 13.4 Å². The molecule has 0 aromatic heterocycles. The van der Waals surface area contributed by atoms with Gasteiger partial charge in [-0.15, -0.1) is 0 Å². The molecule has 0 amide bonds. The van der Waals surface area contributed by atoms with E-state index in [0.717, 1.165) is 5.69 Å². The minimum absolute atomic E-state index is 0.905. The molecule has 0 unspecified atom stereocenters. The van der Waals surface area contributed by atoms with Crippen molar-refractivity contribution in [2.45, 2.75) is 6.92 Å². The summed E-state index contributed by atoms with van der Waals surface area (Å²) in [5.41, 5.74) is 11.7. The van der Waals surface area contributed by atoms with Gasteiger partial charge in [-0.1, -0.05) is 12.1 Å². The van der Waals surface area contributed by atoms with Crippen LogP contribution in [-0.2, 0) is 0 Å². The number of aliphatic imine (C=N–C) groups is 1. The normalized spacial score (nSPS) is 9.25. The molecule has 0 aliphatic carbocycles. The molecule has 1 aromatic rings. The molecule has 0 fully saturated rings. The molecule has 4 N–H and O–H groups in total. The Balaban J connectivity index is 0.000000561. The van der Waals surface area contributed by atoms with Crippen LogP contribution in [0.2, 0.25) is 0 Å². The predicted octanol–water partition coefficient (Wildman–Crippen LogP) is 1.19. The molecule has 0 saturated carbocycles. The molecule has 0 aliphatic heterocycles. The first-order chi connectivity index (χ1) is 5.83. The maximum atomic E-state index is 5.12. The highest BCUT2D eigenvalue weighted by Gasteiger charge is 1.85. The first kappa shape index (κ1) is 10.7. The summed E-state index contributed by atoms with van der Waals surface area (Å²) in [6.07, 6.45) is 1.30. The van der Waals surface area contributed by atoms with E-state index in [0.29, 0.717) is 0 Å². The van der Waals surface area contributed by atoms with Crippen LogP contribution in [0.3, 0.4) is 0 Å². The second-order valence-electron chi connectivity index (χ2n) is 2.12. The van der Waals surface area contributed by atoms with E-state index in [1.165, 1.54) is 18.9 Å². The van der Waals surface area contributed by atoms with Crippen LogP contribution in [0.5, 0.6) is 0 Å². The third kappa shape index (κ3) is 3.73. The number of nitrogens with two attached hydrogens (primary N) is 2. The maximum absolute atomic E-state index is 5.12. The fourth-order valence-corrected chi connectivity index (χ4v) is 0.794. The van der Waals surface area contributed by atoms with Gasteiger partial charge in [-0.2, -0.15) is 0 Å². The highest BCUT2D eigenvalue weighted by molar-refractivity contribution is 5.59. The number of rotatable bonds is 1. The molecule has 3 heteroatoms. The first-order valence-corrected chi connectivity index (χ1v) is 3.71. The number of hydrogen-bond donors (Lipinski definition) is 2. The lowest BCUT2D eigenvalue weighted by molar-refractivity contribution is 1.43. The molecular weight excluding hydrogens is 150 g/mol. The highest BCUT2D eigenvalue weighted by Crippen LogP contribution is 2.11. The Bertz CT molecular complexity index is 243. The second kappa shape index (κ2) is 6.37. The molecule has 0 bridgehead atoms. The van der Waals surface area contributed by atoms with Crippen molar-refractivity contribution in [2.24, 2.45) is 16.5 Å². The smallest absolute Gasteiger partial charge is 0.0860 e. The molecule has 0 atom stereocenters. The van der Waals surface area contributed by atoms with E-state index in [4.69, 9.17) is 5.73 Å². The Labute approximate surface area is 73.1 Å². The van der Waals surface area contributed by atoms with Crippen LogP contribution in [0.4, 0.5) is 5.69 Å². The minimum Gasteiger partial charge on any atom is -0.390 e. The molecule has 66 valence electrons. The van der Waals surface area contributed by atoms with E-state index in [9.17, 15) is 0 Å². The summed E-state index contributed by atoms with van der Waals surface area (Å²) in [7, 11) is 1.50. The lowest BCUT2D eigenvalue weighted by Gasteiger charge is -1.92. The van der Waals surface area contributed by atoms with E-state index in [1.54, 1.807) is 0 Å². The van der Waals surface area contributed by atoms with Gasteiger partial charge in [0.05, 0.1) is 12.0 Å². The quantitative estimate of drug-likeness (QED) is 0.485. The first-order valence-electron chi connectivity index (χ1n) is 3.71. The molecule has 1 aromatic carbocycles. The van der Waals surface area contributed by atoms with E-state index < -0.39 is 0 Å². The molecule has 0 spiro atoms. The highest BCUT2D eigenvalue weighted by atomic mass is 14.8. The van der Waals surface area contributed by atoms with Crippen molar-refractivity contribution in [2.75, 3.05) is 7.05 Å². The van der Waals surface area contributed by atoms with E-state index in [2.05, 4.69) is 10.7 Å². The Kier molecular flexibility index (Phi) is 5.65. The van der Waals surface area contributed by atoms with Crippen LogP contribution in [0.15, 0.2) is 29.3 Å². The monoisotopic (exact) mass is 165 g/mol. The van der Waals surface area contributed by atoms with Gasteiger partial charge in [-0.05, 0) is 31.7 Å². The zero-order valence-electron chi connectivity index (χ0n) is 7.49. The Morgan fingerprint density at radius 1 is 1.33 bits per heavy atom. The van der Waals surface area contributed by atoms with Gasteiger partial charge in [0.2, 0.25) is 0 Å². The van der Waals surface area contributed by atoms with Gasteiger partial charge in [0, 0.05) is 0 Å². The molecule has 3 nitrogen and oxygen atoms in total. The summed E-state index contributed by atoms with van der Waals surface area (Å²) < 4.78 is 0. The lowest BCUT2D eigenvalue weighted by Crippen LogP contribution is -1.86. The van der Waals surface area contributed by atoms with Crippen LogP contribution in [0.25, 0.3) is 0 Å². The summed E-state index contributed by atoms with van der Waals surface area (Å²) in [6.45, 7) is 2.02. The largest absolute Gasteiger partial charge is 0.390 e. The minimum atomic E-state index is 0.905. The average molecular weight is 165 g/mol. The van der Waals surface area contributed by atoms with Crippen molar-refractivity contribution in [1.82, 2.24) is 0 Å². The fourth-order valence-electron chi connectivity index (χ4n) is 0.794. The molecule has 0 heterocycles. The molecule has 1 rings (SSSR count). The standard InChI is InChI=1S/C8H10N2.CH5N/c1-7-3-2-4-8(5-7)10-6-9;1-2/h2-6H,1H3,(H2,9,10);2H2,1H3. The van der Waals surface area contributed by atoms with E-state index in [1.807, 2.05) is 31.2 Å². The third-order valence-electron chi connectivity index (χ3n) is 1.23. The van der Waals surface area contributed by atoms with Crippen molar-refractivity contribution in [1.29, 1.82) is 0 Å². The van der Waals surface area contributed by atoms with E-state index in [-0.39, 0.29) is 0 Å². The zero-order chi connectivity index (χ0) is 9.40. The Morgan fingerprint density at radius 2 is 2.00 bits per heavy atom. The fraction of sp³-hybridized carbons (Fsp3) is 0.222. The maximum Gasteiger partial charge on any atom is 0.0860 e. The zero-order valence-corrected chi connectivity index (χ0v) is 7.49. The third-order valence-corrected chi connectivity index (χ3v) is 1.23. The number of benzene rings is 1.